The topological polar surface area (TPSA) is 15.3 Å². The van der Waals surface area contributed by atoms with E-state index in [0.29, 0.717) is 6.04 Å². The average molecular weight is 252 g/mol. The molecule has 0 aromatic carbocycles. The highest BCUT2D eigenvalue weighted by atomic mass is 32.1. The molecule has 3 heteroatoms. The largest absolute Gasteiger partial charge is 0.317 e. The van der Waals surface area contributed by atoms with Gasteiger partial charge in [-0.3, -0.25) is 4.90 Å². The minimum Gasteiger partial charge on any atom is -0.317 e. The van der Waals surface area contributed by atoms with Gasteiger partial charge in [-0.25, -0.2) is 0 Å². The van der Waals surface area contributed by atoms with Crippen molar-refractivity contribution in [2.45, 2.75) is 50.7 Å². The molecule has 1 aromatic heterocycles. The fraction of sp³-hybridized carbons (Fsp3) is 0.714. The molecule has 2 rings (SSSR count). The zero-order valence-corrected chi connectivity index (χ0v) is 12.0. The van der Waals surface area contributed by atoms with Crippen molar-refractivity contribution in [3.8, 4) is 0 Å². The van der Waals surface area contributed by atoms with Crippen molar-refractivity contribution >= 4 is 11.3 Å². The molecule has 1 saturated carbocycles. The second-order valence-corrected chi connectivity index (χ2v) is 6.13. The van der Waals surface area contributed by atoms with Gasteiger partial charge in [0, 0.05) is 23.0 Å². The molecule has 1 aliphatic rings. The van der Waals surface area contributed by atoms with Crippen molar-refractivity contribution < 1.29 is 0 Å². The van der Waals surface area contributed by atoms with E-state index in [4.69, 9.17) is 0 Å². The summed E-state index contributed by atoms with van der Waals surface area (Å²) in [4.78, 5) is 4.06. The lowest BCUT2D eigenvalue weighted by Gasteiger charge is -2.37. The molecule has 1 unspecified atom stereocenters. The Morgan fingerprint density at radius 2 is 2.06 bits per heavy atom. The van der Waals surface area contributed by atoms with Crippen molar-refractivity contribution in [2.24, 2.45) is 0 Å². The molecular weight excluding hydrogens is 228 g/mol. The van der Waals surface area contributed by atoms with Gasteiger partial charge >= 0.3 is 0 Å². The van der Waals surface area contributed by atoms with E-state index < -0.39 is 0 Å². The molecule has 0 saturated heterocycles. The standard InChI is InChI=1S/C14H24N2S/c1-11(14-5-4-10-17-14)16(3)13-8-6-12(15-2)7-9-13/h4-5,10-13,15H,6-9H2,1-3H3. The van der Waals surface area contributed by atoms with Gasteiger partial charge in [-0.15, -0.1) is 11.3 Å². The van der Waals surface area contributed by atoms with Crippen LogP contribution in [0.1, 0.15) is 43.5 Å². The molecule has 1 heterocycles. The van der Waals surface area contributed by atoms with Gasteiger partial charge < -0.3 is 5.32 Å². The van der Waals surface area contributed by atoms with Crippen LogP contribution in [0.25, 0.3) is 0 Å². The molecule has 17 heavy (non-hydrogen) atoms. The maximum Gasteiger partial charge on any atom is 0.0413 e. The lowest BCUT2D eigenvalue weighted by Crippen LogP contribution is -2.40. The first-order chi connectivity index (χ1) is 8.22. The van der Waals surface area contributed by atoms with Crippen molar-refractivity contribution in [1.29, 1.82) is 0 Å². The Hall–Kier alpha value is -0.380. The highest BCUT2D eigenvalue weighted by molar-refractivity contribution is 7.10. The molecule has 1 N–H and O–H groups in total. The van der Waals surface area contributed by atoms with Gasteiger partial charge in [-0.2, -0.15) is 0 Å². The molecule has 1 fully saturated rings. The van der Waals surface area contributed by atoms with Gasteiger partial charge in [0.15, 0.2) is 0 Å². The van der Waals surface area contributed by atoms with Gasteiger partial charge in [-0.05, 0) is 58.1 Å². The van der Waals surface area contributed by atoms with Gasteiger partial charge in [0.2, 0.25) is 0 Å². The van der Waals surface area contributed by atoms with Crippen molar-refractivity contribution in [3.63, 3.8) is 0 Å². The maximum absolute atomic E-state index is 3.40. The van der Waals surface area contributed by atoms with E-state index in [-0.39, 0.29) is 0 Å². The van der Waals surface area contributed by atoms with E-state index in [1.54, 1.807) is 0 Å². The monoisotopic (exact) mass is 252 g/mol. The third-order valence-corrected chi connectivity index (χ3v) is 5.29. The van der Waals surface area contributed by atoms with Crippen LogP contribution in [-0.2, 0) is 0 Å². The van der Waals surface area contributed by atoms with Crippen LogP contribution in [0, 0.1) is 0 Å². The maximum atomic E-state index is 3.40. The number of nitrogens with one attached hydrogen (secondary N) is 1. The molecule has 0 amide bonds. The van der Waals surface area contributed by atoms with E-state index in [1.807, 2.05) is 11.3 Å². The molecule has 0 spiro atoms. The summed E-state index contributed by atoms with van der Waals surface area (Å²) in [6.07, 6.45) is 5.31. The summed E-state index contributed by atoms with van der Waals surface area (Å²) in [5.74, 6) is 0. The molecule has 96 valence electrons. The summed E-state index contributed by atoms with van der Waals surface area (Å²) in [6.45, 7) is 2.33. The van der Waals surface area contributed by atoms with E-state index >= 15 is 0 Å². The summed E-state index contributed by atoms with van der Waals surface area (Å²) in [7, 11) is 4.37. The fourth-order valence-corrected chi connectivity index (χ4v) is 3.65. The Bertz CT molecular complexity index is 315. The van der Waals surface area contributed by atoms with Crippen LogP contribution in [0.15, 0.2) is 17.5 Å². The Morgan fingerprint density at radius 1 is 1.35 bits per heavy atom. The number of rotatable bonds is 4. The zero-order chi connectivity index (χ0) is 12.3. The SMILES string of the molecule is CNC1CCC(N(C)C(C)c2cccs2)CC1. The summed E-state index contributed by atoms with van der Waals surface area (Å²) >= 11 is 1.87. The van der Waals surface area contributed by atoms with E-state index in [2.05, 4.69) is 48.7 Å². The van der Waals surface area contributed by atoms with Crippen LogP contribution in [-0.4, -0.2) is 31.1 Å². The minimum atomic E-state index is 0.561. The molecular formula is C14H24N2S. The molecule has 1 aliphatic carbocycles. The second kappa shape index (κ2) is 5.98. The van der Waals surface area contributed by atoms with Gasteiger partial charge in [0.25, 0.3) is 0 Å². The number of hydrogen-bond donors (Lipinski definition) is 1. The lowest BCUT2D eigenvalue weighted by molar-refractivity contribution is 0.138. The van der Waals surface area contributed by atoms with E-state index in [9.17, 15) is 0 Å². The predicted molar refractivity (Wildman–Crippen MR) is 75.6 cm³/mol. The zero-order valence-electron chi connectivity index (χ0n) is 11.1. The first-order valence-electron chi connectivity index (χ1n) is 6.65. The Kier molecular flexibility index (Phi) is 4.60. The Labute approximate surface area is 109 Å². The Morgan fingerprint density at radius 3 is 2.59 bits per heavy atom. The van der Waals surface area contributed by atoms with Gasteiger partial charge in [-0.1, -0.05) is 6.07 Å². The number of nitrogens with zero attached hydrogens (tertiary/aromatic N) is 1. The predicted octanol–water partition coefficient (Wildman–Crippen LogP) is 3.27. The van der Waals surface area contributed by atoms with Crippen molar-refractivity contribution in [3.05, 3.63) is 22.4 Å². The summed E-state index contributed by atoms with van der Waals surface area (Å²) in [6, 6.07) is 6.48. The van der Waals surface area contributed by atoms with Crippen LogP contribution in [0.2, 0.25) is 0 Å². The van der Waals surface area contributed by atoms with Crippen LogP contribution in [0.3, 0.4) is 0 Å². The number of hydrogen-bond acceptors (Lipinski definition) is 3. The molecule has 0 bridgehead atoms. The van der Waals surface area contributed by atoms with Crippen molar-refractivity contribution in [1.82, 2.24) is 10.2 Å². The summed E-state index contributed by atoms with van der Waals surface area (Å²) in [5, 5.41) is 5.58. The third kappa shape index (κ3) is 3.09. The molecule has 1 atom stereocenters. The van der Waals surface area contributed by atoms with Crippen LogP contribution in [0.4, 0.5) is 0 Å². The van der Waals surface area contributed by atoms with Crippen LogP contribution < -0.4 is 5.32 Å². The van der Waals surface area contributed by atoms with E-state index in [1.165, 1.54) is 30.6 Å². The molecule has 0 radical (unpaired) electrons. The first kappa shape index (κ1) is 13.1. The number of thiophene rings is 1. The molecule has 1 aromatic rings. The summed E-state index contributed by atoms with van der Waals surface area (Å²) < 4.78 is 0. The normalized spacial score (nSPS) is 27.3. The highest BCUT2D eigenvalue weighted by Crippen LogP contribution is 2.30. The summed E-state index contributed by atoms with van der Waals surface area (Å²) in [5.41, 5.74) is 0. The fourth-order valence-electron chi connectivity index (χ4n) is 2.82. The van der Waals surface area contributed by atoms with E-state index in [0.717, 1.165) is 12.1 Å². The quantitative estimate of drug-likeness (QED) is 0.885. The lowest BCUT2D eigenvalue weighted by atomic mass is 9.90. The highest BCUT2D eigenvalue weighted by Gasteiger charge is 2.26. The second-order valence-electron chi connectivity index (χ2n) is 5.15. The van der Waals surface area contributed by atoms with Crippen LogP contribution >= 0.6 is 11.3 Å². The van der Waals surface area contributed by atoms with Gasteiger partial charge in [0.1, 0.15) is 0 Å². The average Bonchev–Trinajstić information content (AvgIpc) is 2.91. The third-order valence-electron chi connectivity index (χ3n) is 4.25. The minimum absolute atomic E-state index is 0.561. The van der Waals surface area contributed by atoms with Crippen LogP contribution in [0.5, 0.6) is 0 Å². The van der Waals surface area contributed by atoms with Gasteiger partial charge in [0.05, 0.1) is 0 Å². The van der Waals surface area contributed by atoms with Crippen molar-refractivity contribution in [2.75, 3.05) is 14.1 Å². The first-order valence-corrected chi connectivity index (χ1v) is 7.53. The molecule has 2 nitrogen and oxygen atoms in total. The Balaban J connectivity index is 1.90. The smallest absolute Gasteiger partial charge is 0.0413 e. The molecule has 0 aliphatic heterocycles.